The smallest absolute Gasteiger partial charge is 0.282 e. The summed E-state index contributed by atoms with van der Waals surface area (Å²) in [6.45, 7) is -0.763. The number of fused-ring (bicyclic) bond motifs is 1. The zero-order chi connectivity index (χ0) is 14.3. The van der Waals surface area contributed by atoms with Gasteiger partial charge < -0.3 is 5.73 Å². The van der Waals surface area contributed by atoms with Crippen molar-refractivity contribution in [2.24, 2.45) is 0 Å². The average Bonchev–Trinajstić information content (AvgIpc) is 2.83. The molecule has 2 aromatic heterocycles. The minimum Gasteiger partial charge on any atom is -0.390 e. The number of benzene rings is 1. The van der Waals surface area contributed by atoms with Gasteiger partial charge in [0.2, 0.25) is 0 Å². The molecule has 0 unspecified atom stereocenters. The Labute approximate surface area is 122 Å². The Hall–Kier alpha value is -1.92. The molecule has 0 atom stereocenters. The molecular formula is C13H9ClFN3OS. The van der Waals surface area contributed by atoms with Crippen LogP contribution in [-0.2, 0) is 6.67 Å². The van der Waals surface area contributed by atoms with Crippen LogP contribution >= 0.6 is 22.9 Å². The van der Waals surface area contributed by atoms with Crippen LogP contribution in [0.15, 0.2) is 34.4 Å². The lowest BCUT2D eigenvalue weighted by atomic mass is 10.2. The molecular weight excluding hydrogens is 300 g/mol. The molecule has 0 fully saturated rings. The molecule has 1 aromatic carbocycles. The van der Waals surface area contributed by atoms with Gasteiger partial charge in [0.25, 0.3) is 5.56 Å². The maximum atomic E-state index is 13.1. The van der Waals surface area contributed by atoms with Crippen molar-refractivity contribution in [1.82, 2.24) is 9.78 Å². The van der Waals surface area contributed by atoms with E-state index < -0.39 is 6.67 Å². The molecule has 4 nitrogen and oxygen atoms in total. The van der Waals surface area contributed by atoms with Gasteiger partial charge in [0, 0.05) is 15.8 Å². The van der Waals surface area contributed by atoms with Gasteiger partial charge in [0.1, 0.15) is 12.4 Å². The minimum absolute atomic E-state index is 0.197. The summed E-state index contributed by atoms with van der Waals surface area (Å²) in [7, 11) is 0. The summed E-state index contributed by atoms with van der Waals surface area (Å²) in [5.74, 6) is 0. The first-order valence-corrected chi connectivity index (χ1v) is 6.98. The van der Waals surface area contributed by atoms with Crippen molar-refractivity contribution in [1.29, 1.82) is 0 Å². The number of halogens is 2. The second kappa shape index (κ2) is 4.88. The summed E-state index contributed by atoms with van der Waals surface area (Å²) in [6.07, 6.45) is 0. The largest absolute Gasteiger partial charge is 0.390 e. The van der Waals surface area contributed by atoms with E-state index in [1.165, 1.54) is 11.3 Å². The number of hydrogen-bond donors (Lipinski definition) is 1. The number of nitrogens with two attached hydrogens (primary N) is 1. The van der Waals surface area contributed by atoms with Gasteiger partial charge >= 0.3 is 0 Å². The van der Waals surface area contributed by atoms with Gasteiger partial charge in [-0.25, -0.2) is 4.39 Å². The molecule has 3 aromatic rings. The van der Waals surface area contributed by atoms with Crippen LogP contribution in [0.3, 0.4) is 0 Å². The highest BCUT2D eigenvalue weighted by Crippen LogP contribution is 2.27. The highest BCUT2D eigenvalue weighted by atomic mass is 35.5. The van der Waals surface area contributed by atoms with E-state index in [1.54, 1.807) is 29.6 Å². The van der Waals surface area contributed by atoms with Crippen molar-refractivity contribution in [2.75, 3.05) is 5.73 Å². The number of aromatic nitrogens is 2. The van der Waals surface area contributed by atoms with Crippen LogP contribution in [-0.4, -0.2) is 9.78 Å². The molecule has 0 aliphatic carbocycles. The van der Waals surface area contributed by atoms with Gasteiger partial charge in [-0.15, -0.1) is 11.3 Å². The summed E-state index contributed by atoms with van der Waals surface area (Å²) in [6, 6.07) is 6.57. The van der Waals surface area contributed by atoms with Gasteiger partial charge in [-0.3, -0.25) is 4.79 Å². The fraction of sp³-hybridized carbons (Fsp3) is 0.0769. The number of anilines is 1. The molecule has 0 spiro atoms. The van der Waals surface area contributed by atoms with E-state index in [-0.39, 0.29) is 11.3 Å². The molecule has 0 radical (unpaired) electrons. The van der Waals surface area contributed by atoms with E-state index >= 15 is 0 Å². The maximum Gasteiger partial charge on any atom is 0.282 e. The fourth-order valence-corrected chi connectivity index (χ4v) is 2.93. The third-order valence-electron chi connectivity index (χ3n) is 2.96. The first-order chi connectivity index (χ1) is 9.61. The van der Waals surface area contributed by atoms with E-state index in [1.807, 2.05) is 0 Å². The van der Waals surface area contributed by atoms with Gasteiger partial charge in [-0.05, 0) is 24.3 Å². The van der Waals surface area contributed by atoms with Gasteiger partial charge in [0.15, 0.2) is 0 Å². The fourth-order valence-electron chi connectivity index (χ4n) is 1.99. The molecule has 7 heteroatoms. The van der Waals surface area contributed by atoms with Gasteiger partial charge in [0.05, 0.1) is 16.1 Å². The highest BCUT2D eigenvalue weighted by Gasteiger charge is 2.15. The molecule has 102 valence electrons. The summed E-state index contributed by atoms with van der Waals surface area (Å²) in [4.78, 5) is 12.4. The Morgan fingerprint density at radius 1 is 1.35 bits per heavy atom. The van der Waals surface area contributed by atoms with Crippen molar-refractivity contribution < 1.29 is 4.39 Å². The monoisotopic (exact) mass is 308 g/mol. The standard InChI is InChI=1S/C13H9ClFN3OS/c14-7-1-3-8(4-2-7)18-13(19)11-9(6-20-12(11)16)10(5-15)17-18/h1-4,6H,5,16H2/i15-1. The minimum atomic E-state index is -0.763. The number of alkyl halides is 1. The molecule has 0 amide bonds. The van der Waals surface area contributed by atoms with E-state index in [0.717, 1.165) is 4.68 Å². The Balaban J connectivity index is 2.36. The molecule has 0 saturated carbocycles. The lowest BCUT2D eigenvalue weighted by Crippen LogP contribution is -2.22. The van der Waals surface area contributed by atoms with Gasteiger partial charge in [-0.1, -0.05) is 11.6 Å². The Morgan fingerprint density at radius 3 is 2.70 bits per heavy atom. The predicted molar refractivity (Wildman–Crippen MR) is 79.5 cm³/mol. The second-order valence-corrected chi connectivity index (χ2v) is 5.51. The van der Waals surface area contributed by atoms with E-state index in [4.69, 9.17) is 17.3 Å². The number of hydrogen-bond acceptors (Lipinski definition) is 4. The number of rotatable bonds is 2. The van der Waals surface area contributed by atoms with Gasteiger partial charge in [-0.2, -0.15) is 9.78 Å². The summed E-state index contributed by atoms with van der Waals surface area (Å²) < 4.78 is 14.3. The molecule has 20 heavy (non-hydrogen) atoms. The third-order valence-corrected chi connectivity index (χ3v) is 4.02. The van der Waals surface area contributed by atoms with Crippen LogP contribution in [0.2, 0.25) is 5.02 Å². The van der Waals surface area contributed by atoms with Crippen LogP contribution in [0.5, 0.6) is 0 Å². The SMILES string of the molecule is Nc1scc2c(C[18F])nn(-c3ccc(Cl)cc3)c(=O)c12. The topological polar surface area (TPSA) is 60.9 Å². The molecule has 2 heterocycles. The lowest BCUT2D eigenvalue weighted by Gasteiger charge is -2.07. The molecule has 0 saturated heterocycles. The Morgan fingerprint density at radius 2 is 2.05 bits per heavy atom. The molecule has 2 N–H and O–H groups in total. The lowest BCUT2D eigenvalue weighted by molar-refractivity contribution is 0.471. The van der Waals surface area contributed by atoms with Crippen LogP contribution < -0.4 is 11.3 Å². The number of nitrogens with zero attached hydrogens (tertiary/aromatic N) is 2. The van der Waals surface area contributed by atoms with Crippen LogP contribution in [0, 0.1) is 0 Å². The Kier molecular flexibility index (Phi) is 3.19. The maximum absolute atomic E-state index is 13.1. The third kappa shape index (κ3) is 1.97. The summed E-state index contributed by atoms with van der Waals surface area (Å²) in [5, 5.41) is 7.42. The average molecular weight is 309 g/mol. The van der Waals surface area contributed by atoms with E-state index in [9.17, 15) is 9.18 Å². The van der Waals surface area contributed by atoms with Crippen LogP contribution in [0.25, 0.3) is 16.5 Å². The van der Waals surface area contributed by atoms with Crippen molar-refractivity contribution in [3.8, 4) is 5.69 Å². The molecule has 0 bridgehead atoms. The predicted octanol–water partition coefficient (Wildman–Crippen LogP) is 3.15. The molecule has 0 aliphatic heterocycles. The first-order valence-electron chi connectivity index (χ1n) is 5.72. The number of thiophene rings is 1. The van der Waals surface area contributed by atoms with Crippen molar-refractivity contribution >= 4 is 38.7 Å². The zero-order valence-corrected chi connectivity index (χ0v) is 11.7. The first kappa shape index (κ1) is 13.1. The Bertz CT molecular complexity index is 841. The van der Waals surface area contributed by atoms with Crippen molar-refractivity contribution in [2.45, 2.75) is 6.67 Å². The summed E-state index contributed by atoms with van der Waals surface area (Å²) >= 11 is 7.02. The van der Waals surface area contributed by atoms with Crippen molar-refractivity contribution in [3.05, 3.63) is 50.7 Å². The van der Waals surface area contributed by atoms with E-state index in [0.29, 0.717) is 26.5 Å². The van der Waals surface area contributed by atoms with E-state index in [2.05, 4.69) is 5.10 Å². The van der Waals surface area contributed by atoms with Crippen LogP contribution in [0.1, 0.15) is 5.69 Å². The normalized spacial score (nSPS) is 11.1. The zero-order valence-electron chi connectivity index (χ0n) is 10.1. The molecule has 3 rings (SSSR count). The second-order valence-electron chi connectivity index (χ2n) is 4.16. The van der Waals surface area contributed by atoms with Crippen molar-refractivity contribution in [3.63, 3.8) is 0 Å². The quantitative estimate of drug-likeness (QED) is 0.791. The highest BCUT2D eigenvalue weighted by molar-refractivity contribution is 7.15. The summed E-state index contributed by atoms with van der Waals surface area (Å²) in [5.41, 5.74) is 6.15. The molecule has 0 aliphatic rings. The number of nitrogen functional groups attached to an aromatic ring is 1. The van der Waals surface area contributed by atoms with Crippen LogP contribution in [0.4, 0.5) is 9.39 Å².